The lowest BCUT2D eigenvalue weighted by molar-refractivity contribution is 0.255. The largest absolute Gasteiger partial charge is 0.368 e. The van der Waals surface area contributed by atoms with Crippen LogP contribution in [0.25, 0.3) is 0 Å². The van der Waals surface area contributed by atoms with Gasteiger partial charge in [-0.05, 0) is 24.6 Å². The minimum absolute atomic E-state index is 0.313. The molecular weight excluding hydrogens is 234 g/mol. The van der Waals surface area contributed by atoms with Gasteiger partial charge in [-0.3, -0.25) is 0 Å². The minimum atomic E-state index is 0.313. The molecule has 1 atom stereocenters. The fourth-order valence-corrected chi connectivity index (χ4v) is 2.43. The molecule has 1 aromatic carbocycles. The van der Waals surface area contributed by atoms with Crippen LogP contribution in [-0.2, 0) is 0 Å². The van der Waals surface area contributed by atoms with Gasteiger partial charge in [-0.25, -0.2) is 0 Å². The number of benzene rings is 1. The highest BCUT2D eigenvalue weighted by Gasteiger charge is 2.24. The molecule has 90 valence electrons. The van der Waals surface area contributed by atoms with Crippen molar-refractivity contribution in [3.8, 4) is 6.19 Å². The lowest BCUT2D eigenvalue weighted by atomic mass is 10.1. The SMILES string of the molecule is CCC1CN(c2cccc(Cl)c2)CCN1C#N. The predicted octanol–water partition coefficient (Wildman–Crippen LogP) is 2.72. The highest BCUT2D eigenvalue weighted by Crippen LogP contribution is 2.23. The van der Waals surface area contributed by atoms with Gasteiger partial charge in [0.1, 0.15) is 0 Å². The van der Waals surface area contributed by atoms with E-state index in [0.717, 1.165) is 36.8 Å². The van der Waals surface area contributed by atoms with Crippen molar-refractivity contribution in [1.82, 2.24) is 4.90 Å². The Labute approximate surface area is 107 Å². The number of nitrogens with zero attached hydrogens (tertiary/aromatic N) is 3. The smallest absolute Gasteiger partial charge is 0.179 e. The lowest BCUT2D eigenvalue weighted by Crippen LogP contribution is -2.51. The fourth-order valence-electron chi connectivity index (χ4n) is 2.24. The van der Waals surface area contributed by atoms with Gasteiger partial charge in [0, 0.05) is 30.3 Å². The summed E-state index contributed by atoms with van der Waals surface area (Å²) in [6.07, 6.45) is 3.26. The van der Waals surface area contributed by atoms with Gasteiger partial charge >= 0.3 is 0 Å². The molecule has 1 aromatic rings. The number of halogens is 1. The molecule has 1 saturated heterocycles. The molecule has 0 spiro atoms. The number of nitriles is 1. The Hall–Kier alpha value is -1.40. The summed E-state index contributed by atoms with van der Waals surface area (Å²) in [6.45, 7) is 4.69. The van der Waals surface area contributed by atoms with E-state index in [1.807, 2.05) is 23.1 Å². The third-order valence-corrected chi connectivity index (χ3v) is 3.49. The zero-order valence-electron chi connectivity index (χ0n) is 9.93. The maximum atomic E-state index is 9.03. The molecule has 0 saturated carbocycles. The summed E-state index contributed by atoms with van der Waals surface area (Å²) in [5, 5.41) is 9.79. The topological polar surface area (TPSA) is 30.3 Å². The van der Waals surface area contributed by atoms with Crippen LogP contribution in [-0.4, -0.2) is 30.6 Å². The molecule has 0 aliphatic carbocycles. The Morgan fingerprint density at radius 2 is 2.29 bits per heavy atom. The van der Waals surface area contributed by atoms with E-state index in [9.17, 15) is 0 Å². The first-order chi connectivity index (χ1) is 8.24. The molecule has 1 heterocycles. The fraction of sp³-hybridized carbons (Fsp3) is 0.462. The zero-order chi connectivity index (χ0) is 12.3. The molecule has 17 heavy (non-hydrogen) atoms. The summed E-state index contributed by atoms with van der Waals surface area (Å²) in [7, 11) is 0. The lowest BCUT2D eigenvalue weighted by Gasteiger charge is -2.39. The van der Waals surface area contributed by atoms with E-state index in [2.05, 4.69) is 24.1 Å². The van der Waals surface area contributed by atoms with Crippen LogP contribution in [0.2, 0.25) is 5.02 Å². The van der Waals surface area contributed by atoms with Crippen LogP contribution >= 0.6 is 11.6 Å². The van der Waals surface area contributed by atoms with Gasteiger partial charge in [0.05, 0.1) is 6.04 Å². The molecule has 3 nitrogen and oxygen atoms in total. The molecular formula is C13H16ClN3. The molecule has 0 radical (unpaired) electrons. The molecule has 0 bridgehead atoms. The summed E-state index contributed by atoms with van der Waals surface area (Å²) in [4.78, 5) is 4.18. The van der Waals surface area contributed by atoms with Crippen LogP contribution in [0.4, 0.5) is 5.69 Å². The molecule has 1 aliphatic heterocycles. The summed E-state index contributed by atoms with van der Waals surface area (Å²) in [6, 6.07) is 8.22. The third kappa shape index (κ3) is 2.65. The van der Waals surface area contributed by atoms with Gasteiger partial charge in [-0.15, -0.1) is 0 Å². The molecule has 0 aromatic heterocycles. The second-order valence-electron chi connectivity index (χ2n) is 4.28. The van der Waals surface area contributed by atoms with Crippen LogP contribution in [0, 0.1) is 11.5 Å². The van der Waals surface area contributed by atoms with Gasteiger partial charge in [0.15, 0.2) is 6.19 Å². The standard InChI is InChI=1S/C13H16ClN3/c1-2-12-9-16(6-7-17(12)10-15)13-5-3-4-11(14)8-13/h3-5,8,12H,2,6-7,9H2,1H3. The summed E-state index contributed by atoms with van der Waals surface area (Å²) < 4.78 is 0. The second kappa shape index (κ2) is 5.29. The van der Waals surface area contributed by atoms with Crippen molar-refractivity contribution in [2.75, 3.05) is 24.5 Å². The summed E-state index contributed by atoms with van der Waals surface area (Å²) in [5.41, 5.74) is 1.15. The first-order valence-electron chi connectivity index (χ1n) is 5.91. The Morgan fingerprint density at radius 1 is 1.47 bits per heavy atom. The Morgan fingerprint density at radius 3 is 2.94 bits per heavy atom. The van der Waals surface area contributed by atoms with Crippen molar-refractivity contribution < 1.29 is 0 Å². The van der Waals surface area contributed by atoms with Crippen LogP contribution in [0.1, 0.15) is 13.3 Å². The second-order valence-corrected chi connectivity index (χ2v) is 4.72. The summed E-state index contributed by atoms with van der Waals surface area (Å²) in [5.74, 6) is 0. The average molecular weight is 250 g/mol. The van der Waals surface area contributed by atoms with Crippen molar-refractivity contribution in [3.05, 3.63) is 29.3 Å². The number of hydrogen-bond acceptors (Lipinski definition) is 3. The Kier molecular flexibility index (Phi) is 3.75. The van der Waals surface area contributed by atoms with E-state index in [4.69, 9.17) is 16.9 Å². The Bertz CT molecular complexity index is 427. The predicted molar refractivity (Wildman–Crippen MR) is 70.1 cm³/mol. The van der Waals surface area contributed by atoms with E-state index in [-0.39, 0.29) is 0 Å². The number of rotatable bonds is 2. The number of anilines is 1. The first kappa shape index (κ1) is 12.1. The average Bonchev–Trinajstić information content (AvgIpc) is 2.38. The Balaban J connectivity index is 2.12. The van der Waals surface area contributed by atoms with E-state index in [0.29, 0.717) is 6.04 Å². The van der Waals surface area contributed by atoms with Crippen LogP contribution in [0.15, 0.2) is 24.3 Å². The number of hydrogen-bond donors (Lipinski definition) is 0. The molecule has 1 unspecified atom stereocenters. The van der Waals surface area contributed by atoms with E-state index in [1.54, 1.807) is 0 Å². The molecule has 1 fully saturated rings. The minimum Gasteiger partial charge on any atom is -0.368 e. The quantitative estimate of drug-likeness (QED) is 0.755. The zero-order valence-corrected chi connectivity index (χ0v) is 10.7. The van der Waals surface area contributed by atoms with Crippen molar-refractivity contribution >= 4 is 17.3 Å². The maximum absolute atomic E-state index is 9.03. The van der Waals surface area contributed by atoms with Gasteiger partial charge in [0.25, 0.3) is 0 Å². The number of piperazine rings is 1. The normalized spacial score (nSPS) is 20.2. The van der Waals surface area contributed by atoms with E-state index in [1.165, 1.54) is 0 Å². The van der Waals surface area contributed by atoms with E-state index < -0.39 is 0 Å². The van der Waals surface area contributed by atoms with Crippen molar-refractivity contribution in [2.45, 2.75) is 19.4 Å². The van der Waals surface area contributed by atoms with Crippen molar-refractivity contribution in [3.63, 3.8) is 0 Å². The van der Waals surface area contributed by atoms with Gasteiger partial charge in [0.2, 0.25) is 0 Å². The van der Waals surface area contributed by atoms with Gasteiger partial charge in [-0.1, -0.05) is 24.6 Å². The van der Waals surface area contributed by atoms with Crippen molar-refractivity contribution in [1.29, 1.82) is 5.26 Å². The highest BCUT2D eigenvalue weighted by atomic mass is 35.5. The van der Waals surface area contributed by atoms with E-state index >= 15 is 0 Å². The summed E-state index contributed by atoms with van der Waals surface area (Å²) >= 11 is 6.00. The van der Waals surface area contributed by atoms with Crippen LogP contribution < -0.4 is 4.90 Å². The molecule has 0 N–H and O–H groups in total. The monoisotopic (exact) mass is 249 g/mol. The third-order valence-electron chi connectivity index (χ3n) is 3.26. The van der Waals surface area contributed by atoms with Gasteiger partial charge < -0.3 is 9.80 Å². The molecule has 1 aliphatic rings. The molecule has 4 heteroatoms. The highest BCUT2D eigenvalue weighted by molar-refractivity contribution is 6.30. The molecule has 0 amide bonds. The van der Waals surface area contributed by atoms with Crippen LogP contribution in [0.3, 0.4) is 0 Å². The van der Waals surface area contributed by atoms with Gasteiger partial charge in [-0.2, -0.15) is 5.26 Å². The van der Waals surface area contributed by atoms with Crippen LogP contribution in [0.5, 0.6) is 0 Å². The molecule has 2 rings (SSSR count). The first-order valence-corrected chi connectivity index (χ1v) is 6.29. The maximum Gasteiger partial charge on any atom is 0.179 e. The van der Waals surface area contributed by atoms with Crippen molar-refractivity contribution in [2.24, 2.45) is 0 Å².